The predicted molar refractivity (Wildman–Crippen MR) is 166 cm³/mol. The van der Waals surface area contributed by atoms with Gasteiger partial charge >= 0.3 is 6.09 Å². The Bertz CT molecular complexity index is 1670. The Hall–Kier alpha value is -3.86. The van der Waals surface area contributed by atoms with Crippen LogP contribution in [-0.2, 0) is 19.8 Å². The molecule has 5 rings (SSSR count). The first kappa shape index (κ1) is 31.6. The number of nitrogens with zero attached hydrogens (tertiary/aromatic N) is 4. The molecule has 1 N–H and O–H groups in total. The molecule has 230 valence electrons. The molecule has 0 radical (unpaired) electrons. The molecule has 0 spiro atoms. The standard InChI is InChI=1S/C31H33F2N5O4SSi/c1-19-16-36-27(41-19)31-14-26(31)30(2,38-29(43-31)42-28(39)37-18-40-10-11-44(3,4)5)22-12-20(6-8-23(22)32)13-24(33)25-9-7-21(15-34)17-35-25/h6-9,12-13,16-17,26H,10-11,14,18H2,1-5H3,(H,37,39)/b24-13-/t26-,30+,31-/m0/s1. The number of nitrogens with one attached hydrogen (secondary N) is 1. The van der Waals surface area contributed by atoms with E-state index in [2.05, 4.69) is 34.9 Å². The van der Waals surface area contributed by atoms with Crippen LogP contribution in [0.15, 0.2) is 52.1 Å². The Morgan fingerprint density at radius 2 is 2.07 bits per heavy atom. The number of aromatic nitrogens is 2. The van der Waals surface area contributed by atoms with E-state index >= 15 is 8.78 Å². The Labute approximate surface area is 259 Å². The van der Waals surface area contributed by atoms with E-state index in [-0.39, 0.29) is 29.1 Å². The first-order chi connectivity index (χ1) is 20.8. The number of rotatable bonds is 9. The van der Waals surface area contributed by atoms with Crippen LogP contribution >= 0.6 is 11.8 Å². The van der Waals surface area contributed by atoms with Gasteiger partial charge in [0.1, 0.15) is 35.0 Å². The Morgan fingerprint density at radius 3 is 2.73 bits per heavy atom. The summed E-state index contributed by atoms with van der Waals surface area (Å²) in [5.74, 6) is -0.385. The second kappa shape index (κ2) is 12.3. The molecule has 0 unspecified atom stereocenters. The van der Waals surface area contributed by atoms with Gasteiger partial charge in [0.05, 0.1) is 23.0 Å². The molecule has 3 aromatic rings. The van der Waals surface area contributed by atoms with Crippen molar-refractivity contribution in [3.63, 3.8) is 0 Å². The van der Waals surface area contributed by atoms with Crippen LogP contribution in [0.4, 0.5) is 13.6 Å². The highest BCUT2D eigenvalue weighted by Crippen LogP contribution is 2.71. The number of oxazole rings is 1. The number of hydrogen-bond donors (Lipinski definition) is 1. The molecule has 13 heteroatoms. The first-order valence-corrected chi connectivity index (χ1v) is 18.6. The first-order valence-electron chi connectivity index (χ1n) is 14.1. The number of ether oxygens (including phenoxy) is 2. The maximum absolute atomic E-state index is 15.6. The van der Waals surface area contributed by atoms with Crippen LogP contribution < -0.4 is 5.32 Å². The highest BCUT2D eigenvalue weighted by atomic mass is 32.2. The molecule has 44 heavy (non-hydrogen) atoms. The van der Waals surface area contributed by atoms with Crippen molar-refractivity contribution < 1.29 is 27.5 Å². The number of halogens is 2. The van der Waals surface area contributed by atoms with Gasteiger partial charge in [0.25, 0.3) is 5.23 Å². The minimum atomic E-state index is -1.27. The average molecular weight is 638 g/mol. The number of hydrogen-bond acceptors (Lipinski definition) is 9. The van der Waals surface area contributed by atoms with Gasteiger partial charge in [0.15, 0.2) is 0 Å². The number of nitriles is 1. The van der Waals surface area contributed by atoms with E-state index in [9.17, 15) is 4.79 Å². The molecular weight excluding hydrogens is 605 g/mol. The van der Waals surface area contributed by atoms with Crippen molar-refractivity contribution in [3.8, 4) is 6.07 Å². The summed E-state index contributed by atoms with van der Waals surface area (Å²) >= 11 is 1.22. The third kappa shape index (κ3) is 6.77. The van der Waals surface area contributed by atoms with Crippen molar-refractivity contribution in [3.05, 3.63) is 82.6 Å². The van der Waals surface area contributed by atoms with Gasteiger partial charge in [0, 0.05) is 32.4 Å². The smallest absolute Gasteiger partial charge is 0.416 e. The van der Waals surface area contributed by atoms with Crippen LogP contribution in [0.2, 0.25) is 25.7 Å². The molecule has 9 nitrogen and oxygen atoms in total. The van der Waals surface area contributed by atoms with Gasteiger partial charge in [-0.25, -0.2) is 23.6 Å². The molecule has 0 saturated heterocycles. The van der Waals surface area contributed by atoms with E-state index in [1.807, 2.05) is 6.07 Å². The van der Waals surface area contributed by atoms with Crippen molar-refractivity contribution in [1.29, 1.82) is 5.26 Å². The fraction of sp³-hybridized carbons (Fsp3) is 0.387. The molecular formula is C31H33F2N5O4SSi. The molecule has 1 fully saturated rings. The lowest BCUT2D eigenvalue weighted by Gasteiger charge is -2.33. The molecule has 1 saturated carbocycles. The second-order valence-corrected chi connectivity index (χ2v) is 19.2. The average Bonchev–Trinajstić information content (AvgIpc) is 3.57. The van der Waals surface area contributed by atoms with E-state index in [0.29, 0.717) is 35.8 Å². The minimum Gasteiger partial charge on any atom is -0.444 e. The summed E-state index contributed by atoms with van der Waals surface area (Å²) in [6.07, 6.45) is 3.92. The van der Waals surface area contributed by atoms with E-state index < -0.39 is 36.1 Å². The molecule has 3 atom stereocenters. The predicted octanol–water partition coefficient (Wildman–Crippen LogP) is 7.13. The van der Waals surface area contributed by atoms with Crippen molar-refractivity contribution in [2.45, 2.75) is 56.2 Å². The van der Waals surface area contributed by atoms with Crippen LogP contribution in [0.3, 0.4) is 0 Å². The number of carbonyl (C=O) groups excluding carboxylic acids is 1. The third-order valence-corrected chi connectivity index (χ3v) is 10.7. The van der Waals surface area contributed by atoms with Crippen LogP contribution in [0.25, 0.3) is 11.9 Å². The SMILES string of the molecule is Cc1cnc([C@]23C[C@H]2[C@@](C)(c2cc(/C=C(\F)c4ccc(C#N)cn4)ccc2F)N=C(OC(=O)NCOCC[Si](C)(C)C)S3)o1. The summed E-state index contributed by atoms with van der Waals surface area (Å²) in [7, 11) is -1.27. The number of thioether (sulfide) groups is 1. The van der Waals surface area contributed by atoms with Gasteiger partial charge in [-0.2, -0.15) is 5.26 Å². The Morgan fingerprint density at radius 1 is 1.27 bits per heavy atom. The van der Waals surface area contributed by atoms with Crippen LogP contribution in [0.5, 0.6) is 0 Å². The molecule has 1 aliphatic heterocycles. The Balaban J connectivity index is 1.42. The zero-order valence-corrected chi connectivity index (χ0v) is 26.9. The molecule has 0 bridgehead atoms. The van der Waals surface area contributed by atoms with E-state index in [4.69, 9.17) is 24.1 Å². The number of aryl methyl sites for hydroxylation is 1. The number of aliphatic imine (C=N–C) groups is 1. The van der Waals surface area contributed by atoms with Gasteiger partial charge in [-0.15, -0.1) is 0 Å². The summed E-state index contributed by atoms with van der Waals surface area (Å²) in [6, 6.07) is 10.0. The van der Waals surface area contributed by atoms with Gasteiger partial charge in [0.2, 0.25) is 5.89 Å². The van der Waals surface area contributed by atoms with Gasteiger partial charge in [-0.05, 0) is 62.2 Å². The van der Waals surface area contributed by atoms with Crippen molar-refractivity contribution in [2.24, 2.45) is 10.9 Å². The molecule has 2 aromatic heterocycles. The third-order valence-electron chi connectivity index (χ3n) is 7.63. The van der Waals surface area contributed by atoms with E-state index in [1.54, 1.807) is 20.0 Å². The van der Waals surface area contributed by atoms with E-state index in [0.717, 1.165) is 6.04 Å². The number of benzene rings is 1. The summed E-state index contributed by atoms with van der Waals surface area (Å²) in [6.45, 7) is 10.8. The number of fused-ring (bicyclic) bond motifs is 1. The zero-order valence-electron chi connectivity index (χ0n) is 25.1. The molecule has 1 aromatic carbocycles. The highest BCUT2D eigenvalue weighted by Gasteiger charge is 2.70. The lowest BCUT2D eigenvalue weighted by Crippen LogP contribution is -2.36. The van der Waals surface area contributed by atoms with Gasteiger partial charge < -0.3 is 13.9 Å². The lowest BCUT2D eigenvalue weighted by molar-refractivity contribution is 0.120. The summed E-state index contributed by atoms with van der Waals surface area (Å²) in [4.78, 5) is 25.9. The number of amides is 1. The number of carbonyl (C=O) groups is 1. The molecule has 2 aliphatic rings. The zero-order chi connectivity index (χ0) is 31.7. The maximum Gasteiger partial charge on any atom is 0.416 e. The van der Waals surface area contributed by atoms with Crippen LogP contribution in [0.1, 0.15) is 47.4 Å². The second-order valence-electron chi connectivity index (χ2n) is 12.3. The maximum atomic E-state index is 15.6. The lowest BCUT2D eigenvalue weighted by atomic mass is 9.84. The van der Waals surface area contributed by atoms with Crippen molar-refractivity contribution in [2.75, 3.05) is 13.3 Å². The molecule has 1 amide bonds. The van der Waals surface area contributed by atoms with Crippen molar-refractivity contribution in [1.82, 2.24) is 15.3 Å². The fourth-order valence-electron chi connectivity index (χ4n) is 5.10. The highest BCUT2D eigenvalue weighted by molar-refractivity contribution is 8.14. The largest absolute Gasteiger partial charge is 0.444 e. The fourth-order valence-corrected chi connectivity index (χ4v) is 7.32. The van der Waals surface area contributed by atoms with Gasteiger partial charge in [-0.1, -0.05) is 37.5 Å². The quantitative estimate of drug-likeness (QED) is 0.149. The molecule has 3 heterocycles. The van der Waals surface area contributed by atoms with Crippen molar-refractivity contribution >= 4 is 43.1 Å². The minimum absolute atomic E-state index is 0.0199. The number of pyridine rings is 1. The van der Waals surface area contributed by atoms with Gasteiger partial charge in [-0.3, -0.25) is 10.3 Å². The normalized spacial score (nSPS) is 22.9. The van der Waals surface area contributed by atoms with Crippen LogP contribution in [0, 0.1) is 30.0 Å². The summed E-state index contributed by atoms with van der Waals surface area (Å²) in [5.41, 5.74) is -0.261. The Kier molecular flexibility index (Phi) is 8.79. The topological polar surface area (TPSA) is 123 Å². The molecule has 1 aliphatic carbocycles. The van der Waals surface area contributed by atoms with Crippen LogP contribution in [-0.4, -0.2) is 42.7 Å². The summed E-state index contributed by atoms with van der Waals surface area (Å²) < 4.78 is 47.0. The van der Waals surface area contributed by atoms with E-state index in [1.165, 1.54) is 54.4 Å². The monoisotopic (exact) mass is 637 g/mol. The summed E-state index contributed by atoms with van der Waals surface area (Å²) in [5, 5.41) is 11.6. The number of alkyl carbamates (subject to hydrolysis) is 1.